The molecule has 2 aromatic carbocycles. The highest BCUT2D eigenvalue weighted by atomic mass is 16.6. The number of methoxy groups -OCH3 is 1. The highest BCUT2D eigenvalue weighted by Crippen LogP contribution is 2.43. The molecule has 1 atom stereocenters. The summed E-state index contributed by atoms with van der Waals surface area (Å²) in [6.45, 7) is 6.34. The minimum absolute atomic E-state index is 0.00349. The van der Waals surface area contributed by atoms with Crippen LogP contribution in [0.3, 0.4) is 0 Å². The lowest BCUT2D eigenvalue weighted by Crippen LogP contribution is -2.31. The van der Waals surface area contributed by atoms with Gasteiger partial charge in [-0.3, -0.25) is 9.59 Å². The first-order chi connectivity index (χ1) is 18.0. The summed E-state index contributed by atoms with van der Waals surface area (Å²) in [5, 5.41) is 11.4. The number of aliphatic hydroxyl groups excluding tert-OH is 1. The van der Waals surface area contributed by atoms with Crippen molar-refractivity contribution in [3.8, 4) is 23.0 Å². The van der Waals surface area contributed by atoms with E-state index in [1.165, 1.54) is 4.90 Å². The molecule has 4 rings (SSSR count). The Labute approximate surface area is 216 Å². The number of Topliss-reactive ketones (excluding diaryl/α,β-unsaturated/α-hetero) is 1. The summed E-state index contributed by atoms with van der Waals surface area (Å²) in [6, 6.07) is 9.47. The van der Waals surface area contributed by atoms with Gasteiger partial charge in [0, 0.05) is 25.8 Å². The third-order valence-electron chi connectivity index (χ3n) is 6.15. The largest absolute Gasteiger partial charge is 0.507 e. The van der Waals surface area contributed by atoms with Crippen molar-refractivity contribution in [2.24, 2.45) is 0 Å². The van der Waals surface area contributed by atoms with Gasteiger partial charge in [-0.1, -0.05) is 13.0 Å². The molecule has 0 spiro atoms. The van der Waals surface area contributed by atoms with Crippen LogP contribution in [0.5, 0.6) is 23.0 Å². The predicted molar refractivity (Wildman–Crippen MR) is 136 cm³/mol. The monoisotopic (exact) mass is 511 g/mol. The second-order valence-corrected chi connectivity index (χ2v) is 8.68. The maximum Gasteiger partial charge on any atom is 0.295 e. The van der Waals surface area contributed by atoms with Gasteiger partial charge in [0.2, 0.25) is 0 Å². The molecule has 1 N–H and O–H groups in total. The van der Waals surface area contributed by atoms with Crippen LogP contribution in [0.1, 0.15) is 43.9 Å². The van der Waals surface area contributed by atoms with Gasteiger partial charge in [-0.2, -0.15) is 0 Å². The van der Waals surface area contributed by atoms with Crippen LogP contribution in [0.4, 0.5) is 0 Å². The predicted octanol–water partition coefficient (Wildman–Crippen LogP) is 4.10. The van der Waals surface area contributed by atoms with E-state index in [0.717, 1.165) is 6.42 Å². The molecule has 2 heterocycles. The summed E-state index contributed by atoms with van der Waals surface area (Å²) in [4.78, 5) is 27.9. The summed E-state index contributed by atoms with van der Waals surface area (Å²) >= 11 is 0. The molecule has 0 aromatic heterocycles. The summed E-state index contributed by atoms with van der Waals surface area (Å²) in [5.74, 6) is 0.411. The number of hydrogen-bond donors (Lipinski definition) is 1. The lowest BCUT2D eigenvalue weighted by molar-refractivity contribution is -0.140. The van der Waals surface area contributed by atoms with E-state index >= 15 is 0 Å². The lowest BCUT2D eigenvalue weighted by Gasteiger charge is -2.26. The van der Waals surface area contributed by atoms with Gasteiger partial charge in [0.05, 0.1) is 24.8 Å². The number of hydrogen-bond acceptors (Lipinski definition) is 8. The van der Waals surface area contributed by atoms with Crippen LogP contribution in [0.2, 0.25) is 0 Å². The van der Waals surface area contributed by atoms with Gasteiger partial charge < -0.3 is 33.7 Å². The Balaban J connectivity index is 1.81. The molecule has 0 saturated carbocycles. The first-order valence-electron chi connectivity index (χ1n) is 12.6. The molecule has 2 aliphatic rings. The maximum atomic E-state index is 13.3. The number of carbonyl (C=O) groups excluding carboxylic acids is 2. The minimum atomic E-state index is -0.815. The number of ketones is 1. The van der Waals surface area contributed by atoms with Gasteiger partial charge in [-0.05, 0) is 55.7 Å². The van der Waals surface area contributed by atoms with Crippen molar-refractivity contribution < 1.29 is 38.4 Å². The molecule has 1 amide bonds. The molecule has 2 aliphatic heterocycles. The van der Waals surface area contributed by atoms with Crippen LogP contribution >= 0.6 is 0 Å². The first-order valence-corrected chi connectivity index (χ1v) is 12.6. The van der Waals surface area contributed by atoms with Crippen LogP contribution in [0.15, 0.2) is 42.0 Å². The zero-order valence-electron chi connectivity index (χ0n) is 21.5. The van der Waals surface area contributed by atoms with E-state index in [9.17, 15) is 14.7 Å². The number of aliphatic hydroxyl groups is 1. The average molecular weight is 512 g/mol. The Bertz CT molecular complexity index is 1170. The number of nitrogens with zero attached hydrogens (tertiary/aromatic N) is 1. The van der Waals surface area contributed by atoms with Gasteiger partial charge in [0.15, 0.2) is 23.0 Å². The Kier molecular flexibility index (Phi) is 8.55. The normalized spacial score (nSPS) is 18.2. The van der Waals surface area contributed by atoms with Crippen molar-refractivity contribution in [2.45, 2.75) is 32.7 Å². The van der Waals surface area contributed by atoms with Crippen molar-refractivity contribution in [3.05, 3.63) is 53.1 Å². The van der Waals surface area contributed by atoms with Crippen molar-refractivity contribution in [3.63, 3.8) is 0 Å². The maximum absolute atomic E-state index is 13.3. The summed E-state index contributed by atoms with van der Waals surface area (Å²) in [7, 11) is 1.58. The van der Waals surface area contributed by atoms with E-state index in [2.05, 4.69) is 0 Å². The van der Waals surface area contributed by atoms with Crippen LogP contribution in [0, 0.1) is 0 Å². The van der Waals surface area contributed by atoms with Gasteiger partial charge >= 0.3 is 0 Å². The van der Waals surface area contributed by atoms with Crippen molar-refractivity contribution in [1.29, 1.82) is 0 Å². The van der Waals surface area contributed by atoms with Crippen molar-refractivity contribution >= 4 is 17.4 Å². The Morgan fingerprint density at radius 2 is 1.78 bits per heavy atom. The van der Waals surface area contributed by atoms with Crippen molar-refractivity contribution in [2.75, 3.05) is 46.7 Å². The van der Waals surface area contributed by atoms with E-state index in [1.807, 2.05) is 13.8 Å². The average Bonchev–Trinajstić information content (AvgIpc) is 3.17. The minimum Gasteiger partial charge on any atom is -0.507 e. The highest BCUT2D eigenvalue weighted by Gasteiger charge is 2.46. The molecule has 9 nitrogen and oxygen atoms in total. The van der Waals surface area contributed by atoms with Crippen LogP contribution in [-0.2, 0) is 14.3 Å². The van der Waals surface area contributed by atoms with Crippen LogP contribution < -0.4 is 18.9 Å². The number of benzene rings is 2. The van der Waals surface area contributed by atoms with Crippen molar-refractivity contribution in [1.82, 2.24) is 4.90 Å². The molecule has 0 aliphatic carbocycles. The fourth-order valence-corrected chi connectivity index (χ4v) is 4.48. The van der Waals surface area contributed by atoms with Gasteiger partial charge in [0.25, 0.3) is 11.7 Å². The lowest BCUT2D eigenvalue weighted by atomic mass is 9.94. The van der Waals surface area contributed by atoms with E-state index in [1.54, 1.807) is 43.5 Å². The molecular weight excluding hydrogens is 478 g/mol. The smallest absolute Gasteiger partial charge is 0.295 e. The van der Waals surface area contributed by atoms with E-state index < -0.39 is 17.7 Å². The third-order valence-corrected chi connectivity index (χ3v) is 6.15. The number of rotatable bonds is 11. The summed E-state index contributed by atoms with van der Waals surface area (Å²) < 4.78 is 28.0. The topological polar surface area (TPSA) is 104 Å². The number of amides is 1. The van der Waals surface area contributed by atoms with Crippen LogP contribution in [-0.4, -0.2) is 68.4 Å². The molecule has 9 heteroatoms. The zero-order valence-corrected chi connectivity index (χ0v) is 21.5. The number of fused-ring (bicyclic) bond motifs is 1. The second kappa shape index (κ2) is 12.0. The Morgan fingerprint density at radius 3 is 2.51 bits per heavy atom. The molecule has 1 saturated heterocycles. The molecule has 0 radical (unpaired) electrons. The molecule has 1 fully saturated rings. The molecular formula is C28H33NO8. The SMILES string of the molecule is CCCOc1ccc([C@@H]2/C(=C(\O)c3ccc4c(c3)OCCO4)C(=O)C(=O)N2CCCOC)cc1OCC. The summed E-state index contributed by atoms with van der Waals surface area (Å²) in [6.07, 6.45) is 1.36. The standard InChI is InChI=1S/C28H33NO8/c1-4-12-35-20-9-7-18(16-22(20)34-5-2)25-24(27(31)28(32)29(25)11-6-13-33-3)26(30)19-8-10-21-23(17-19)37-15-14-36-21/h7-10,16-17,25,30H,4-6,11-15H2,1-3H3/b26-24+/t25-/m1/s1. The zero-order chi connectivity index (χ0) is 26.4. The van der Waals surface area contributed by atoms with Gasteiger partial charge in [0.1, 0.15) is 19.0 Å². The van der Waals surface area contributed by atoms with E-state index in [0.29, 0.717) is 73.6 Å². The van der Waals surface area contributed by atoms with Gasteiger partial charge in [-0.25, -0.2) is 0 Å². The summed E-state index contributed by atoms with van der Waals surface area (Å²) in [5.41, 5.74) is 0.990. The molecule has 198 valence electrons. The third kappa shape index (κ3) is 5.51. The molecule has 0 unspecified atom stereocenters. The molecule has 2 aromatic rings. The fourth-order valence-electron chi connectivity index (χ4n) is 4.48. The van der Waals surface area contributed by atoms with E-state index in [-0.39, 0.29) is 17.9 Å². The Hall–Kier alpha value is -3.72. The molecule has 37 heavy (non-hydrogen) atoms. The van der Waals surface area contributed by atoms with E-state index in [4.69, 9.17) is 23.7 Å². The molecule has 0 bridgehead atoms. The number of ether oxygens (including phenoxy) is 5. The first kappa shape index (κ1) is 26.3. The second-order valence-electron chi connectivity index (χ2n) is 8.68. The fraction of sp³-hybridized carbons (Fsp3) is 0.429. The number of carbonyl (C=O) groups is 2. The number of likely N-dealkylation sites (tertiary alicyclic amines) is 1. The van der Waals surface area contributed by atoms with Gasteiger partial charge in [-0.15, -0.1) is 0 Å². The highest BCUT2D eigenvalue weighted by molar-refractivity contribution is 6.46. The Morgan fingerprint density at radius 1 is 1.00 bits per heavy atom. The quantitative estimate of drug-likeness (QED) is 0.208. The van der Waals surface area contributed by atoms with Crippen LogP contribution in [0.25, 0.3) is 5.76 Å².